The summed E-state index contributed by atoms with van der Waals surface area (Å²) in [6, 6.07) is 2.71. The Kier molecular flexibility index (Phi) is 5.90. The molecule has 2 N–H and O–H groups in total. The molecule has 0 aliphatic rings. The maximum atomic E-state index is 12.4. The van der Waals surface area contributed by atoms with Gasteiger partial charge in [0, 0.05) is 6.42 Å². The van der Waals surface area contributed by atoms with Crippen LogP contribution in [0.5, 0.6) is 0 Å². The van der Waals surface area contributed by atoms with Crippen molar-refractivity contribution in [3.8, 4) is 0 Å². The molecule has 1 amide bonds. The first-order chi connectivity index (χ1) is 10.1. The van der Waals surface area contributed by atoms with Crippen molar-refractivity contribution >= 4 is 11.9 Å². The van der Waals surface area contributed by atoms with Gasteiger partial charge in [-0.3, -0.25) is 4.79 Å². The second-order valence-electron chi connectivity index (χ2n) is 4.84. The normalized spacial score (nSPS) is 14.2. The molecule has 0 saturated heterocycles. The molecule has 4 nitrogen and oxygen atoms in total. The summed E-state index contributed by atoms with van der Waals surface area (Å²) in [6.45, 7) is 0.364. The molecule has 0 spiro atoms. The molecule has 8 heteroatoms. The van der Waals surface area contributed by atoms with E-state index in [2.05, 4.69) is 0 Å². The summed E-state index contributed by atoms with van der Waals surface area (Å²) in [5.74, 6) is -2.60. The zero-order valence-electron chi connectivity index (χ0n) is 11.7. The third kappa shape index (κ3) is 5.01. The van der Waals surface area contributed by atoms with Crippen LogP contribution in [-0.2, 0) is 15.8 Å². The molecule has 1 aromatic carbocycles. The quantitative estimate of drug-likeness (QED) is 0.792. The second-order valence-corrected chi connectivity index (χ2v) is 4.84. The number of hydrogen-bond acceptors (Lipinski definition) is 2. The lowest BCUT2D eigenvalue weighted by atomic mass is 9.96. The van der Waals surface area contributed by atoms with E-state index in [1.54, 1.807) is 6.92 Å². The van der Waals surface area contributed by atoms with Crippen molar-refractivity contribution in [2.45, 2.75) is 31.5 Å². The van der Waals surface area contributed by atoms with Crippen LogP contribution < -0.4 is 5.32 Å². The summed E-state index contributed by atoms with van der Waals surface area (Å²) in [4.78, 5) is 22.2. The molecule has 0 aliphatic heterocycles. The minimum Gasteiger partial charge on any atom is -0.480 e. The number of carbonyl (C=O) groups is 2. The fourth-order valence-corrected chi connectivity index (χ4v) is 1.82. The first-order valence-electron chi connectivity index (χ1n) is 6.40. The van der Waals surface area contributed by atoms with Crippen molar-refractivity contribution in [1.82, 2.24) is 5.32 Å². The number of carboxylic acids is 1. The van der Waals surface area contributed by atoms with Gasteiger partial charge in [-0.2, -0.15) is 13.2 Å². The van der Waals surface area contributed by atoms with Crippen molar-refractivity contribution in [1.29, 1.82) is 0 Å². The van der Waals surface area contributed by atoms with E-state index in [1.807, 2.05) is 5.32 Å². The van der Waals surface area contributed by atoms with Crippen LogP contribution in [-0.4, -0.2) is 29.7 Å². The number of carbonyl (C=O) groups excluding carboxylic acids is 1. The van der Waals surface area contributed by atoms with Crippen LogP contribution in [0.3, 0.4) is 0 Å². The zero-order valence-corrected chi connectivity index (χ0v) is 11.7. The molecule has 122 valence electrons. The van der Waals surface area contributed by atoms with Crippen LogP contribution >= 0.6 is 0 Å². The van der Waals surface area contributed by atoms with Gasteiger partial charge in [-0.1, -0.05) is 19.1 Å². The lowest BCUT2D eigenvalue weighted by Gasteiger charge is -2.15. The van der Waals surface area contributed by atoms with Crippen molar-refractivity contribution in [2.24, 2.45) is 0 Å². The largest absolute Gasteiger partial charge is 0.480 e. The van der Waals surface area contributed by atoms with E-state index in [1.165, 1.54) is 12.1 Å². The Balaban J connectivity index is 2.67. The van der Waals surface area contributed by atoms with Crippen LogP contribution in [0, 0.1) is 0 Å². The van der Waals surface area contributed by atoms with Gasteiger partial charge in [0.2, 0.25) is 5.91 Å². The molecule has 0 saturated carbocycles. The van der Waals surface area contributed by atoms with Crippen LogP contribution in [0.15, 0.2) is 24.3 Å². The topological polar surface area (TPSA) is 66.4 Å². The fraction of sp³-hybridized carbons (Fsp3) is 0.429. The molecular formula is C14H15F4NO3. The minimum absolute atomic E-state index is 0.158. The number of nitrogens with one attached hydrogen (secondary N) is 1. The number of rotatable bonds is 6. The molecule has 22 heavy (non-hydrogen) atoms. The van der Waals surface area contributed by atoms with Gasteiger partial charge in [0.1, 0.15) is 6.67 Å². The summed E-state index contributed by atoms with van der Waals surface area (Å²) < 4.78 is 49.7. The van der Waals surface area contributed by atoms with E-state index in [-0.39, 0.29) is 6.42 Å². The van der Waals surface area contributed by atoms with Crippen LogP contribution in [0.2, 0.25) is 0 Å². The number of halogens is 4. The summed E-state index contributed by atoms with van der Waals surface area (Å²) in [5, 5.41) is 10.6. The smallest absolute Gasteiger partial charge is 0.416 e. The molecule has 0 aromatic heterocycles. The highest BCUT2D eigenvalue weighted by Gasteiger charge is 2.30. The van der Waals surface area contributed by atoms with E-state index in [4.69, 9.17) is 5.11 Å². The monoisotopic (exact) mass is 321 g/mol. The molecule has 0 fully saturated rings. The maximum Gasteiger partial charge on any atom is 0.416 e. The lowest BCUT2D eigenvalue weighted by Crippen LogP contribution is -2.42. The number of alkyl halides is 4. The Morgan fingerprint density at radius 2 is 1.77 bits per heavy atom. The van der Waals surface area contributed by atoms with Crippen LogP contribution in [0.4, 0.5) is 17.6 Å². The average Bonchev–Trinajstić information content (AvgIpc) is 2.43. The van der Waals surface area contributed by atoms with Crippen molar-refractivity contribution < 1.29 is 32.3 Å². The molecule has 1 aromatic rings. The highest BCUT2D eigenvalue weighted by Crippen LogP contribution is 2.30. The summed E-state index contributed by atoms with van der Waals surface area (Å²) in [6.07, 6.45) is -4.59. The second kappa shape index (κ2) is 7.24. The Labute approximate surface area is 124 Å². The fourth-order valence-electron chi connectivity index (χ4n) is 1.82. The molecule has 1 rings (SSSR count). The summed E-state index contributed by atoms with van der Waals surface area (Å²) >= 11 is 0. The first kappa shape index (κ1) is 17.9. The SMILES string of the molecule is CC(CC(=O)NC(CF)C(=O)O)c1ccc(C(F)(F)F)cc1. The standard InChI is InChI=1S/C14H15F4NO3/c1-8(6-12(20)19-11(7-15)13(21)22)9-2-4-10(5-3-9)14(16,17)18/h2-5,8,11H,6-7H2,1H3,(H,19,20)(H,21,22). The van der Waals surface area contributed by atoms with Crippen molar-refractivity contribution in [3.63, 3.8) is 0 Å². The highest BCUT2D eigenvalue weighted by molar-refractivity contribution is 5.84. The molecular weight excluding hydrogens is 306 g/mol. The van der Waals surface area contributed by atoms with Gasteiger partial charge < -0.3 is 10.4 Å². The van der Waals surface area contributed by atoms with Gasteiger partial charge in [-0.15, -0.1) is 0 Å². The van der Waals surface area contributed by atoms with E-state index in [0.29, 0.717) is 5.56 Å². The summed E-state index contributed by atoms with van der Waals surface area (Å²) in [7, 11) is 0. The number of aliphatic carboxylic acids is 1. The average molecular weight is 321 g/mol. The predicted molar refractivity (Wildman–Crippen MR) is 70.0 cm³/mol. The van der Waals surface area contributed by atoms with Crippen LogP contribution in [0.1, 0.15) is 30.4 Å². The Morgan fingerprint density at radius 1 is 1.23 bits per heavy atom. The molecule has 0 radical (unpaired) electrons. The van der Waals surface area contributed by atoms with Gasteiger partial charge in [0.15, 0.2) is 6.04 Å². The minimum atomic E-state index is -4.44. The van der Waals surface area contributed by atoms with Gasteiger partial charge in [-0.05, 0) is 23.6 Å². The van der Waals surface area contributed by atoms with E-state index >= 15 is 0 Å². The zero-order chi connectivity index (χ0) is 16.9. The predicted octanol–water partition coefficient (Wildman–Crippen LogP) is 2.74. The van der Waals surface area contributed by atoms with E-state index in [9.17, 15) is 27.2 Å². The van der Waals surface area contributed by atoms with Crippen molar-refractivity contribution in [2.75, 3.05) is 6.67 Å². The van der Waals surface area contributed by atoms with Gasteiger partial charge in [-0.25, -0.2) is 9.18 Å². The molecule has 0 aliphatic carbocycles. The van der Waals surface area contributed by atoms with Gasteiger partial charge in [0.25, 0.3) is 0 Å². The number of benzene rings is 1. The Bertz CT molecular complexity index is 528. The van der Waals surface area contributed by atoms with Crippen molar-refractivity contribution in [3.05, 3.63) is 35.4 Å². The molecule has 2 unspecified atom stereocenters. The molecule has 0 bridgehead atoms. The summed E-state index contributed by atoms with van der Waals surface area (Å²) in [5.41, 5.74) is -0.299. The van der Waals surface area contributed by atoms with Gasteiger partial charge >= 0.3 is 12.1 Å². The van der Waals surface area contributed by atoms with E-state index < -0.39 is 42.3 Å². The van der Waals surface area contributed by atoms with E-state index in [0.717, 1.165) is 12.1 Å². The third-order valence-electron chi connectivity index (χ3n) is 3.09. The highest BCUT2D eigenvalue weighted by atomic mass is 19.4. The first-order valence-corrected chi connectivity index (χ1v) is 6.40. The molecule has 2 atom stereocenters. The Hall–Kier alpha value is -2.12. The lowest BCUT2D eigenvalue weighted by molar-refractivity contribution is -0.142. The maximum absolute atomic E-state index is 12.4. The number of carboxylic acid groups (broad SMARTS) is 1. The van der Waals surface area contributed by atoms with Gasteiger partial charge in [0.05, 0.1) is 5.56 Å². The molecule has 0 heterocycles. The number of amides is 1. The Morgan fingerprint density at radius 3 is 2.18 bits per heavy atom. The number of hydrogen-bond donors (Lipinski definition) is 2. The van der Waals surface area contributed by atoms with Crippen LogP contribution in [0.25, 0.3) is 0 Å². The third-order valence-corrected chi connectivity index (χ3v) is 3.09.